The molecule has 19 heavy (non-hydrogen) atoms. The lowest BCUT2D eigenvalue weighted by molar-refractivity contribution is -0.147. The van der Waals surface area contributed by atoms with Gasteiger partial charge in [-0.1, -0.05) is 12.2 Å². The molecule has 1 heterocycles. The minimum absolute atomic E-state index is 0.0518. The highest BCUT2D eigenvalue weighted by Crippen LogP contribution is 2.29. The van der Waals surface area contributed by atoms with Crippen LogP contribution in [-0.2, 0) is 14.3 Å². The molecule has 0 aromatic carbocycles. The van der Waals surface area contributed by atoms with Gasteiger partial charge in [0.2, 0.25) is 11.8 Å². The third-order valence-corrected chi connectivity index (χ3v) is 3.83. The number of rotatable bonds is 2. The first-order valence-corrected chi connectivity index (χ1v) is 6.84. The van der Waals surface area contributed by atoms with Gasteiger partial charge in [-0.05, 0) is 12.8 Å². The van der Waals surface area contributed by atoms with Crippen LogP contribution < -0.4 is 0 Å². The van der Waals surface area contributed by atoms with E-state index >= 15 is 0 Å². The highest BCUT2D eigenvalue weighted by atomic mass is 16.5. The van der Waals surface area contributed by atoms with Crippen molar-refractivity contribution in [3.63, 3.8) is 0 Å². The largest absolute Gasteiger partial charge is 0.378 e. The Balaban J connectivity index is 2.08. The summed E-state index contributed by atoms with van der Waals surface area (Å²) < 4.78 is 5.27. The number of hydrogen-bond acceptors (Lipinski definition) is 3. The number of carbonyl (C=O) groups is 2. The summed E-state index contributed by atoms with van der Waals surface area (Å²) in [7, 11) is 3.49. The van der Waals surface area contributed by atoms with Gasteiger partial charge in [-0.25, -0.2) is 0 Å². The zero-order valence-electron chi connectivity index (χ0n) is 11.7. The minimum Gasteiger partial charge on any atom is -0.378 e. The maximum atomic E-state index is 12.6. The average Bonchev–Trinajstić information content (AvgIpc) is 2.46. The van der Waals surface area contributed by atoms with Gasteiger partial charge >= 0.3 is 0 Å². The first-order valence-electron chi connectivity index (χ1n) is 6.84. The SMILES string of the molecule is CN(C)C(=O)C1CC=CCC1C(=O)N1CCOCC1. The predicted molar refractivity (Wildman–Crippen MR) is 71.4 cm³/mol. The van der Waals surface area contributed by atoms with Crippen LogP contribution in [-0.4, -0.2) is 62.0 Å². The molecule has 1 fully saturated rings. The topological polar surface area (TPSA) is 49.9 Å². The fraction of sp³-hybridized carbons (Fsp3) is 0.714. The summed E-state index contributed by atoms with van der Waals surface area (Å²) in [5, 5.41) is 0. The Labute approximate surface area is 114 Å². The molecule has 2 rings (SSSR count). The lowest BCUT2D eigenvalue weighted by atomic mass is 9.81. The Morgan fingerprint density at radius 2 is 1.68 bits per heavy atom. The van der Waals surface area contributed by atoms with Gasteiger partial charge in [-0.3, -0.25) is 9.59 Å². The van der Waals surface area contributed by atoms with Crippen molar-refractivity contribution in [2.45, 2.75) is 12.8 Å². The summed E-state index contributed by atoms with van der Waals surface area (Å²) in [6.07, 6.45) is 5.36. The summed E-state index contributed by atoms with van der Waals surface area (Å²) in [6.45, 7) is 2.48. The molecule has 0 spiro atoms. The molecule has 1 aliphatic heterocycles. The molecule has 5 nitrogen and oxygen atoms in total. The van der Waals surface area contributed by atoms with Crippen molar-refractivity contribution in [2.75, 3.05) is 40.4 Å². The molecule has 0 bridgehead atoms. The maximum absolute atomic E-state index is 12.6. The molecular formula is C14H22N2O3. The monoisotopic (exact) mass is 266 g/mol. The van der Waals surface area contributed by atoms with Crippen LogP contribution in [0.4, 0.5) is 0 Å². The molecule has 0 aromatic rings. The highest BCUT2D eigenvalue weighted by Gasteiger charge is 2.37. The van der Waals surface area contributed by atoms with Gasteiger partial charge in [-0.2, -0.15) is 0 Å². The number of ether oxygens (including phenoxy) is 1. The molecule has 2 aliphatic rings. The molecule has 2 amide bonds. The molecule has 0 radical (unpaired) electrons. The normalized spacial score (nSPS) is 27.2. The van der Waals surface area contributed by atoms with E-state index in [1.807, 2.05) is 17.1 Å². The quantitative estimate of drug-likeness (QED) is 0.685. The molecule has 0 saturated carbocycles. The molecule has 2 unspecified atom stereocenters. The van der Waals surface area contributed by atoms with Gasteiger partial charge in [-0.15, -0.1) is 0 Å². The lowest BCUT2D eigenvalue weighted by Crippen LogP contribution is -2.48. The van der Waals surface area contributed by atoms with E-state index in [1.54, 1.807) is 19.0 Å². The van der Waals surface area contributed by atoms with Crippen molar-refractivity contribution in [3.8, 4) is 0 Å². The first kappa shape index (κ1) is 14.1. The van der Waals surface area contributed by atoms with Gasteiger partial charge in [0.15, 0.2) is 0 Å². The second-order valence-corrected chi connectivity index (χ2v) is 5.33. The Morgan fingerprint density at radius 1 is 1.11 bits per heavy atom. The van der Waals surface area contributed by atoms with Crippen molar-refractivity contribution in [1.82, 2.24) is 9.80 Å². The summed E-state index contributed by atoms with van der Waals surface area (Å²) in [6, 6.07) is 0. The van der Waals surface area contributed by atoms with Crippen molar-refractivity contribution in [3.05, 3.63) is 12.2 Å². The number of amides is 2. The Bertz CT molecular complexity index is 373. The second kappa shape index (κ2) is 6.19. The number of allylic oxidation sites excluding steroid dienone is 2. The van der Waals surface area contributed by atoms with E-state index in [1.165, 1.54) is 0 Å². The predicted octanol–water partition coefficient (Wildman–Crippen LogP) is 0.516. The standard InChI is InChI=1S/C14H22N2O3/c1-15(2)13(17)11-5-3-4-6-12(11)14(18)16-7-9-19-10-8-16/h3-4,11-12H,5-10H2,1-2H3. The Hall–Kier alpha value is -1.36. The molecule has 0 N–H and O–H groups in total. The van der Waals surface area contributed by atoms with Crippen LogP contribution in [0.15, 0.2) is 12.2 Å². The van der Waals surface area contributed by atoms with Gasteiger partial charge in [0, 0.05) is 27.2 Å². The van der Waals surface area contributed by atoms with Gasteiger partial charge in [0.05, 0.1) is 25.0 Å². The molecule has 5 heteroatoms. The number of hydrogen-bond donors (Lipinski definition) is 0. The third kappa shape index (κ3) is 3.15. The maximum Gasteiger partial charge on any atom is 0.226 e. The molecule has 2 atom stereocenters. The van der Waals surface area contributed by atoms with Crippen molar-refractivity contribution < 1.29 is 14.3 Å². The van der Waals surface area contributed by atoms with E-state index < -0.39 is 0 Å². The average molecular weight is 266 g/mol. The molecule has 106 valence electrons. The lowest BCUT2D eigenvalue weighted by Gasteiger charge is -2.34. The van der Waals surface area contributed by atoms with E-state index in [4.69, 9.17) is 4.74 Å². The smallest absolute Gasteiger partial charge is 0.226 e. The van der Waals surface area contributed by atoms with E-state index in [-0.39, 0.29) is 23.7 Å². The molecule has 1 aliphatic carbocycles. The zero-order chi connectivity index (χ0) is 13.8. The van der Waals surface area contributed by atoms with E-state index in [0.717, 1.165) is 0 Å². The Kier molecular flexibility index (Phi) is 4.58. The van der Waals surface area contributed by atoms with Gasteiger partial charge in [0.1, 0.15) is 0 Å². The molecular weight excluding hydrogens is 244 g/mol. The van der Waals surface area contributed by atoms with E-state index in [0.29, 0.717) is 39.1 Å². The van der Waals surface area contributed by atoms with Crippen molar-refractivity contribution in [2.24, 2.45) is 11.8 Å². The number of morpholine rings is 1. The number of carbonyl (C=O) groups excluding carboxylic acids is 2. The van der Waals surface area contributed by atoms with Gasteiger partial charge in [0.25, 0.3) is 0 Å². The van der Waals surface area contributed by atoms with E-state index in [9.17, 15) is 9.59 Å². The van der Waals surface area contributed by atoms with Crippen molar-refractivity contribution >= 4 is 11.8 Å². The Morgan fingerprint density at radius 3 is 2.26 bits per heavy atom. The number of nitrogens with zero attached hydrogens (tertiary/aromatic N) is 2. The zero-order valence-corrected chi connectivity index (χ0v) is 11.7. The minimum atomic E-state index is -0.213. The summed E-state index contributed by atoms with van der Waals surface area (Å²) in [5.41, 5.74) is 0. The van der Waals surface area contributed by atoms with Crippen LogP contribution in [0.2, 0.25) is 0 Å². The second-order valence-electron chi connectivity index (χ2n) is 5.33. The molecule has 1 saturated heterocycles. The van der Waals surface area contributed by atoms with Crippen molar-refractivity contribution in [1.29, 1.82) is 0 Å². The van der Waals surface area contributed by atoms with Crippen LogP contribution in [0.1, 0.15) is 12.8 Å². The molecule has 0 aromatic heterocycles. The first-order chi connectivity index (χ1) is 9.11. The van der Waals surface area contributed by atoms with Crippen LogP contribution in [0.3, 0.4) is 0 Å². The summed E-state index contributed by atoms with van der Waals surface area (Å²) >= 11 is 0. The van der Waals surface area contributed by atoms with Crippen LogP contribution in [0.25, 0.3) is 0 Å². The van der Waals surface area contributed by atoms with E-state index in [2.05, 4.69) is 0 Å². The highest BCUT2D eigenvalue weighted by molar-refractivity contribution is 5.88. The van der Waals surface area contributed by atoms with Crippen LogP contribution in [0.5, 0.6) is 0 Å². The third-order valence-electron chi connectivity index (χ3n) is 3.83. The fourth-order valence-corrected chi connectivity index (χ4v) is 2.71. The fourth-order valence-electron chi connectivity index (χ4n) is 2.71. The van der Waals surface area contributed by atoms with Crippen LogP contribution in [0, 0.1) is 11.8 Å². The summed E-state index contributed by atoms with van der Waals surface area (Å²) in [5.74, 6) is -0.267. The van der Waals surface area contributed by atoms with Gasteiger partial charge < -0.3 is 14.5 Å². The summed E-state index contributed by atoms with van der Waals surface area (Å²) in [4.78, 5) is 28.2. The van der Waals surface area contributed by atoms with Crippen LogP contribution >= 0.6 is 0 Å².